The van der Waals surface area contributed by atoms with Gasteiger partial charge in [0.1, 0.15) is 0 Å². The van der Waals surface area contributed by atoms with Gasteiger partial charge >= 0.3 is 0 Å². The Kier molecular flexibility index (Phi) is 6.16. The van der Waals surface area contributed by atoms with Crippen LogP contribution in [0, 0.1) is 19.8 Å². The summed E-state index contributed by atoms with van der Waals surface area (Å²) >= 11 is 0. The first-order valence-corrected chi connectivity index (χ1v) is 9.99. The molecule has 0 aliphatic carbocycles. The van der Waals surface area contributed by atoms with E-state index in [0.29, 0.717) is 13.1 Å². The van der Waals surface area contributed by atoms with Gasteiger partial charge in [-0.05, 0) is 33.1 Å². The molecule has 1 fully saturated rings. The van der Waals surface area contributed by atoms with Gasteiger partial charge in [0, 0.05) is 56.5 Å². The molecule has 2 aromatic rings. The molecule has 1 N–H and O–H groups in total. The molecule has 1 amide bonds. The molecule has 8 nitrogen and oxygen atoms in total. The standard InChI is InChI=1S/C20H30N6O2/c1-5-8-26-19(27)11-17(12-22-26)25-9-6-16(7-10-25)20(28)21-13-18-14(2)23-24(4)15(18)3/h11-12,16H,5-10,13H2,1-4H3,(H,21,28). The maximum atomic E-state index is 12.6. The lowest BCUT2D eigenvalue weighted by molar-refractivity contribution is -0.125. The molecule has 0 unspecified atom stereocenters. The van der Waals surface area contributed by atoms with Gasteiger partial charge in [-0.1, -0.05) is 6.92 Å². The molecule has 0 aromatic carbocycles. The van der Waals surface area contributed by atoms with Crippen LogP contribution in [0.2, 0.25) is 0 Å². The minimum atomic E-state index is -0.0681. The van der Waals surface area contributed by atoms with Gasteiger partial charge in [0.2, 0.25) is 5.91 Å². The zero-order valence-electron chi connectivity index (χ0n) is 17.2. The van der Waals surface area contributed by atoms with Crippen molar-refractivity contribution in [1.29, 1.82) is 0 Å². The number of carbonyl (C=O) groups is 1. The van der Waals surface area contributed by atoms with Gasteiger partial charge in [0.05, 0.1) is 17.6 Å². The molecule has 2 aromatic heterocycles. The zero-order chi connectivity index (χ0) is 20.3. The average Bonchev–Trinajstić information content (AvgIpc) is 2.93. The van der Waals surface area contributed by atoms with Crippen molar-refractivity contribution < 1.29 is 4.79 Å². The van der Waals surface area contributed by atoms with Gasteiger partial charge in [-0.25, -0.2) is 4.68 Å². The van der Waals surface area contributed by atoms with Crippen molar-refractivity contribution in [1.82, 2.24) is 24.9 Å². The normalized spacial score (nSPS) is 15.1. The van der Waals surface area contributed by atoms with Gasteiger partial charge < -0.3 is 10.2 Å². The first-order chi connectivity index (χ1) is 13.4. The van der Waals surface area contributed by atoms with Gasteiger partial charge in [-0.15, -0.1) is 0 Å². The van der Waals surface area contributed by atoms with Crippen molar-refractivity contribution in [2.75, 3.05) is 18.0 Å². The van der Waals surface area contributed by atoms with Crippen LogP contribution in [0.4, 0.5) is 5.69 Å². The van der Waals surface area contributed by atoms with E-state index in [-0.39, 0.29) is 17.4 Å². The van der Waals surface area contributed by atoms with Gasteiger partial charge in [-0.2, -0.15) is 10.2 Å². The highest BCUT2D eigenvalue weighted by Gasteiger charge is 2.25. The lowest BCUT2D eigenvalue weighted by Crippen LogP contribution is -2.41. The van der Waals surface area contributed by atoms with E-state index in [0.717, 1.165) is 55.0 Å². The lowest BCUT2D eigenvalue weighted by atomic mass is 9.95. The number of hydrogen-bond donors (Lipinski definition) is 1. The molecule has 1 saturated heterocycles. The van der Waals surface area contributed by atoms with Crippen LogP contribution in [-0.4, -0.2) is 38.6 Å². The third-order valence-electron chi connectivity index (χ3n) is 5.62. The fraction of sp³-hybridized carbons (Fsp3) is 0.600. The number of amides is 1. The summed E-state index contributed by atoms with van der Waals surface area (Å²) in [5.41, 5.74) is 3.91. The molecule has 0 spiro atoms. The topological polar surface area (TPSA) is 85.1 Å². The van der Waals surface area contributed by atoms with Crippen LogP contribution in [0.1, 0.15) is 43.1 Å². The van der Waals surface area contributed by atoms with Crippen LogP contribution >= 0.6 is 0 Å². The monoisotopic (exact) mass is 386 g/mol. The summed E-state index contributed by atoms with van der Waals surface area (Å²) in [7, 11) is 1.92. The van der Waals surface area contributed by atoms with Crippen LogP contribution in [0.15, 0.2) is 17.1 Å². The van der Waals surface area contributed by atoms with E-state index in [1.807, 2.05) is 32.5 Å². The third kappa shape index (κ3) is 4.26. The summed E-state index contributed by atoms with van der Waals surface area (Å²) in [5.74, 6) is 0.0979. The van der Waals surface area contributed by atoms with Crippen molar-refractivity contribution in [3.63, 3.8) is 0 Å². The maximum Gasteiger partial charge on any atom is 0.268 e. The number of carbonyl (C=O) groups excluding carboxylic acids is 1. The Morgan fingerprint density at radius 1 is 1.29 bits per heavy atom. The molecule has 1 aliphatic rings. The molecule has 0 bridgehead atoms. The molecule has 0 radical (unpaired) electrons. The number of nitrogens with zero attached hydrogens (tertiary/aromatic N) is 5. The Bertz CT molecular complexity index is 893. The van der Waals surface area contributed by atoms with Crippen LogP contribution in [0.5, 0.6) is 0 Å². The summed E-state index contributed by atoms with van der Waals surface area (Å²) in [6.07, 6.45) is 4.18. The molecule has 0 saturated carbocycles. The van der Waals surface area contributed by atoms with Gasteiger partial charge in [0.25, 0.3) is 5.56 Å². The Balaban J connectivity index is 1.54. The highest BCUT2D eigenvalue weighted by molar-refractivity contribution is 5.79. The highest BCUT2D eigenvalue weighted by atomic mass is 16.2. The number of aromatic nitrogens is 4. The molecule has 28 heavy (non-hydrogen) atoms. The molecule has 152 valence electrons. The molecule has 3 rings (SSSR count). The van der Waals surface area contributed by atoms with Crippen LogP contribution < -0.4 is 15.8 Å². The van der Waals surface area contributed by atoms with Crippen molar-refractivity contribution in [3.8, 4) is 0 Å². The fourth-order valence-corrected chi connectivity index (χ4v) is 3.77. The molecule has 3 heterocycles. The number of anilines is 1. The Morgan fingerprint density at radius 3 is 2.57 bits per heavy atom. The van der Waals surface area contributed by atoms with E-state index >= 15 is 0 Å². The van der Waals surface area contributed by atoms with E-state index in [1.54, 1.807) is 12.3 Å². The minimum absolute atomic E-state index is 0.00181. The molecular weight excluding hydrogens is 356 g/mol. The Morgan fingerprint density at radius 2 is 2.00 bits per heavy atom. The first-order valence-electron chi connectivity index (χ1n) is 9.99. The van der Waals surface area contributed by atoms with Crippen molar-refractivity contribution >= 4 is 11.6 Å². The van der Waals surface area contributed by atoms with Gasteiger partial charge in [-0.3, -0.25) is 14.3 Å². The van der Waals surface area contributed by atoms with Crippen molar-refractivity contribution in [2.45, 2.75) is 53.1 Å². The zero-order valence-corrected chi connectivity index (χ0v) is 17.2. The summed E-state index contributed by atoms with van der Waals surface area (Å²) in [6.45, 7) is 8.66. The number of piperidine rings is 1. The third-order valence-corrected chi connectivity index (χ3v) is 5.62. The SMILES string of the molecule is CCCn1ncc(N2CCC(C(=O)NCc3c(C)nn(C)c3C)CC2)cc1=O. The average molecular weight is 387 g/mol. The number of aryl methyl sites for hydroxylation is 3. The van der Waals surface area contributed by atoms with Crippen LogP contribution in [0.25, 0.3) is 0 Å². The largest absolute Gasteiger partial charge is 0.370 e. The number of rotatable bonds is 6. The number of nitrogens with one attached hydrogen (secondary N) is 1. The van der Waals surface area contributed by atoms with E-state index in [2.05, 4.69) is 20.4 Å². The summed E-state index contributed by atoms with van der Waals surface area (Å²) in [5, 5.41) is 11.7. The quantitative estimate of drug-likeness (QED) is 0.814. The van der Waals surface area contributed by atoms with E-state index in [9.17, 15) is 9.59 Å². The summed E-state index contributed by atoms with van der Waals surface area (Å²) < 4.78 is 3.34. The first kappa shape index (κ1) is 20.1. The minimum Gasteiger partial charge on any atom is -0.370 e. The second kappa shape index (κ2) is 8.58. The smallest absolute Gasteiger partial charge is 0.268 e. The van der Waals surface area contributed by atoms with E-state index in [1.165, 1.54) is 4.68 Å². The molecular formula is C20H30N6O2. The second-order valence-corrected chi connectivity index (χ2v) is 7.53. The molecule has 1 aliphatic heterocycles. The summed E-state index contributed by atoms with van der Waals surface area (Å²) in [4.78, 5) is 26.9. The molecule has 0 atom stereocenters. The predicted octanol–water partition coefficient (Wildman–Crippen LogP) is 1.54. The van der Waals surface area contributed by atoms with Crippen molar-refractivity contribution in [3.05, 3.63) is 39.6 Å². The predicted molar refractivity (Wildman–Crippen MR) is 108 cm³/mol. The van der Waals surface area contributed by atoms with Crippen molar-refractivity contribution in [2.24, 2.45) is 13.0 Å². The Labute approximate surface area is 165 Å². The fourth-order valence-electron chi connectivity index (χ4n) is 3.77. The summed E-state index contributed by atoms with van der Waals surface area (Å²) in [6, 6.07) is 1.65. The maximum absolute atomic E-state index is 12.6. The van der Waals surface area contributed by atoms with Crippen LogP contribution in [-0.2, 0) is 24.9 Å². The highest BCUT2D eigenvalue weighted by Crippen LogP contribution is 2.22. The van der Waals surface area contributed by atoms with Crippen LogP contribution in [0.3, 0.4) is 0 Å². The second-order valence-electron chi connectivity index (χ2n) is 7.53. The van der Waals surface area contributed by atoms with E-state index < -0.39 is 0 Å². The lowest BCUT2D eigenvalue weighted by Gasteiger charge is -2.32. The van der Waals surface area contributed by atoms with Gasteiger partial charge in [0.15, 0.2) is 0 Å². The Hall–Kier alpha value is -2.64. The molecule has 8 heteroatoms. The van der Waals surface area contributed by atoms with E-state index in [4.69, 9.17) is 0 Å². The number of hydrogen-bond acceptors (Lipinski definition) is 5.